The summed E-state index contributed by atoms with van der Waals surface area (Å²) in [6, 6.07) is 4.89. The smallest absolute Gasteiger partial charge is 0.317 e. The summed E-state index contributed by atoms with van der Waals surface area (Å²) in [5.74, 6) is -0.906. The van der Waals surface area contributed by atoms with Crippen LogP contribution in [0.4, 0.5) is 4.79 Å². The first-order valence-corrected chi connectivity index (χ1v) is 6.66. The van der Waals surface area contributed by atoms with Crippen molar-refractivity contribution < 1.29 is 14.7 Å². The third kappa shape index (κ3) is 5.69. The highest BCUT2D eigenvalue weighted by molar-refractivity contribution is 5.75. The minimum Gasteiger partial charge on any atom is -0.481 e. The molecule has 6 nitrogen and oxygen atoms in total. The molecule has 1 aromatic heterocycles. The Labute approximate surface area is 118 Å². The number of carbonyl (C=O) groups is 2. The van der Waals surface area contributed by atoms with Crippen LogP contribution in [0.2, 0.25) is 0 Å². The Morgan fingerprint density at radius 1 is 1.45 bits per heavy atom. The molecule has 0 fully saturated rings. The molecule has 2 amide bonds. The molecule has 0 aliphatic heterocycles. The number of carboxylic acids is 1. The summed E-state index contributed by atoms with van der Waals surface area (Å²) in [5.41, 5.74) is 0.787. The van der Waals surface area contributed by atoms with Gasteiger partial charge in [0.15, 0.2) is 0 Å². The lowest BCUT2D eigenvalue weighted by Crippen LogP contribution is -2.43. The predicted molar refractivity (Wildman–Crippen MR) is 75.2 cm³/mol. The number of carbonyl (C=O) groups excluding carboxylic acids is 1. The highest BCUT2D eigenvalue weighted by Gasteiger charge is 2.17. The van der Waals surface area contributed by atoms with E-state index in [0.717, 1.165) is 12.1 Å². The van der Waals surface area contributed by atoms with Crippen LogP contribution < -0.4 is 5.32 Å². The SMILES string of the molecule is CCCC(CC(=O)O)NC(=O)N(C)Cc1ccccn1. The molecule has 0 radical (unpaired) electrons. The van der Waals surface area contributed by atoms with Gasteiger partial charge >= 0.3 is 12.0 Å². The Morgan fingerprint density at radius 2 is 2.20 bits per heavy atom. The van der Waals surface area contributed by atoms with Crippen molar-refractivity contribution in [1.82, 2.24) is 15.2 Å². The molecular formula is C14H21N3O3. The molecule has 110 valence electrons. The number of aromatic nitrogens is 1. The monoisotopic (exact) mass is 279 g/mol. The molecule has 0 aromatic carbocycles. The number of hydrogen-bond acceptors (Lipinski definition) is 3. The summed E-state index contributed by atoms with van der Waals surface area (Å²) < 4.78 is 0. The molecule has 0 spiro atoms. The third-order valence-electron chi connectivity index (χ3n) is 2.86. The maximum Gasteiger partial charge on any atom is 0.317 e. The molecule has 1 rings (SSSR count). The van der Waals surface area contributed by atoms with Crippen LogP contribution in [0.1, 0.15) is 31.9 Å². The summed E-state index contributed by atoms with van der Waals surface area (Å²) in [6.45, 7) is 2.34. The summed E-state index contributed by atoms with van der Waals surface area (Å²) in [4.78, 5) is 28.4. The van der Waals surface area contributed by atoms with Crippen molar-refractivity contribution in [3.05, 3.63) is 30.1 Å². The lowest BCUT2D eigenvalue weighted by molar-refractivity contribution is -0.137. The van der Waals surface area contributed by atoms with Crippen molar-refractivity contribution in [2.24, 2.45) is 0 Å². The predicted octanol–water partition coefficient (Wildman–Crippen LogP) is 1.87. The van der Waals surface area contributed by atoms with E-state index in [-0.39, 0.29) is 18.5 Å². The van der Waals surface area contributed by atoms with Crippen LogP contribution in [0.15, 0.2) is 24.4 Å². The van der Waals surface area contributed by atoms with Gasteiger partial charge in [0.05, 0.1) is 18.7 Å². The molecule has 0 saturated heterocycles. The molecule has 0 aliphatic carbocycles. The second kappa shape index (κ2) is 8.14. The van der Waals surface area contributed by atoms with E-state index in [9.17, 15) is 9.59 Å². The Kier molecular flexibility index (Phi) is 6.49. The van der Waals surface area contributed by atoms with Gasteiger partial charge in [-0.1, -0.05) is 19.4 Å². The van der Waals surface area contributed by atoms with Crippen molar-refractivity contribution in [2.75, 3.05) is 7.05 Å². The van der Waals surface area contributed by atoms with Gasteiger partial charge in [0.1, 0.15) is 0 Å². The van der Waals surface area contributed by atoms with Crippen LogP contribution in [0, 0.1) is 0 Å². The fourth-order valence-corrected chi connectivity index (χ4v) is 1.88. The average molecular weight is 279 g/mol. The molecule has 0 aliphatic rings. The minimum atomic E-state index is -0.906. The number of carboxylic acid groups (broad SMARTS) is 1. The Bertz CT molecular complexity index is 437. The zero-order valence-electron chi connectivity index (χ0n) is 11.9. The molecular weight excluding hydrogens is 258 g/mol. The van der Waals surface area contributed by atoms with Crippen LogP contribution >= 0.6 is 0 Å². The molecule has 1 aromatic rings. The van der Waals surface area contributed by atoms with Gasteiger partial charge in [0, 0.05) is 19.3 Å². The number of hydrogen-bond donors (Lipinski definition) is 2. The Morgan fingerprint density at radius 3 is 2.75 bits per heavy atom. The molecule has 2 N–H and O–H groups in total. The van der Waals surface area contributed by atoms with E-state index < -0.39 is 5.97 Å². The summed E-state index contributed by atoms with van der Waals surface area (Å²) in [6.07, 6.45) is 3.08. The second-order valence-electron chi connectivity index (χ2n) is 4.71. The fraction of sp³-hybridized carbons (Fsp3) is 0.500. The topological polar surface area (TPSA) is 82.5 Å². The van der Waals surface area contributed by atoms with E-state index in [1.54, 1.807) is 13.2 Å². The second-order valence-corrected chi connectivity index (χ2v) is 4.71. The van der Waals surface area contributed by atoms with Crippen molar-refractivity contribution in [1.29, 1.82) is 0 Å². The highest BCUT2D eigenvalue weighted by atomic mass is 16.4. The van der Waals surface area contributed by atoms with Gasteiger partial charge in [-0.25, -0.2) is 4.79 Å². The molecule has 1 atom stereocenters. The molecule has 1 unspecified atom stereocenters. The van der Waals surface area contributed by atoms with Crippen LogP contribution in [0.25, 0.3) is 0 Å². The number of urea groups is 1. The van der Waals surface area contributed by atoms with E-state index in [0.29, 0.717) is 13.0 Å². The molecule has 20 heavy (non-hydrogen) atoms. The number of nitrogens with zero attached hydrogens (tertiary/aromatic N) is 2. The van der Waals surface area contributed by atoms with Gasteiger partial charge in [-0.3, -0.25) is 9.78 Å². The average Bonchev–Trinajstić information content (AvgIpc) is 2.39. The first kappa shape index (κ1) is 15.9. The largest absolute Gasteiger partial charge is 0.481 e. The Hall–Kier alpha value is -2.11. The van der Waals surface area contributed by atoms with E-state index in [1.165, 1.54) is 4.90 Å². The van der Waals surface area contributed by atoms with Gasteiger partial charge < -0.3 is 15.3 Å². The van der Waals surface area contributed by atoms with E-state index in [2.05, 4.69) is 10.3 Å². The zero-order valence-corrected chi connectivity index (χ0v) is 11.9. The van der Waals surface area contributed by atoms with Crippen LogP contribution in [-0.2, 0) is 11.3 Å². The van der Waals surface area contributed by atoms with Gasteiger partial charge in [-0.15, -0.1) is 0 Å². The number of aliphatic carboxylic acids is 1. The normalized spacial score (nSPS) is 11.7. The fourth-order valence-electron chi connectivity index (χ4n) is 1.88. The summed E-state index contributed by atoms with van der Waals surface area (Å²) >= 11 is 0. The van der Waals surface area contributed by atoms with E-state index in [1.807, 2.05) is 25.1 Å². The molecule has 0 saturated carbocycles. The summed E-state index contributed by atoms with van der Waals surface area (Å²) in [5, 5.41) is 11.6. The number of rotatable bonds is 7. The summed E-state index contributed by atoms with van der Waals surface area (Å²) in [7, 11) is 1.66. The zero-order chi connectivity index (χ0) is 15.0. The standard InChI is InChI=1S/C14H21N3O3/c1-3-6-11(9-13(18)19)16-14(20)17(2)10-12-7-4-5-8-15-12/h4-5,7-8,11H,3,6,9-10H2,1-2H3,(H,16,20)(H,18,19). The first-order valence-electron chi connectivity index (χ1n) is 6.66. The maximum absolute atomic E-state index is 12.0. The molecule has 0 bridgehead atoms. The van der Waals surface area contributed by atoms with Crippen molar-refractivity contribution in [3.8, 4) is 0 Å². The van der Waals surface area contributed by atoms with Crippen LogP contribution in [-0.4, -0.2) is 40.1 Å². The van der Waals surface area contributed by atoms with Crippen molar-refractivity contribution in [2.45, 2.75) is 38.8 Å². The quantitative estimate of drug-likeness (QED) is 0.798. The van der Waals surface area contributed by atoms with E-state index in [4.69, 9.17) is 5.11 Å². The molecule has 1 heterocycles. The van der Waals surface area contributed by atoms with Crippen molar-refractivity contribution >= 4 is 12.0 Å². The van der Waals surface area contributed by atoms with Gasteiger partial charge in [0.2, 0.25) is 0 Å². The minimum absolute atomic E-state index is 0.0585. The number of nitrogens with one attached hydrogen (secondary N) is 1. The number of pyridine rings is 1. The van der Waals surface area contributed by atoms with Gasteiger partial charge in [0.25, 0.3) is 0 Å². The third-order valence-corrected chi connectivity index (χ3v) is 2.86. The molecule has 6 heteroatoms. The van der Waals surface area contributed by atoms with Gasteiger partial charge in [-0.2, -0.15) is 0 Å². The van der Waals surface area contributed by atoms with Crippen LogP contribution in [0.5, 0.6) is 0 Å². The van der Waals surface area contributed by atoms with E-state index >= 15 is 0 Å². The maximum atomic E-state index is 12.0. The van der Waals surface area contributed by atoms with Gasteiger partial charge in [-0.05, 0) is 18.6 Å². The Balaban J connectivity index is 2.52. The highest BCUT2D eigenvalue weighted by Crippen LogP contribution is 2.04. The lowest BCUT2D eigenvalue weighted by atomic mass is 10.1. The number of amides is 2. The van der Waals surface area contributed by atoms with Crippen molar-refractivity contribution in [3.63, 3.8) is 0 Å². The van der Waals surface area contributed by atoms with Crippen LogP contribution in [0.3, 0.4) is 0 Å². The lowest BCUT2D eigenvalue weighted by Gasteiger charge is -2.22. The first-order chi connectivity index (χ1) is 9.52.